The Hall–Kier alpha value is -1.16. The lowest BCUT2D eigenvalue weighted by Gasteiger charge is -2.21. The van der Waals surface area contributed by atoms with Crippen molar-refractivity contribution in [1.82, 2.24) is 9.78 Å². The van der Waals surface area contributed by atoms with Gasteiger partial charge in [-0.15, -0.1) is 0 Å². The first-order valence-corrected chi connectivity index (χ1v) is 6.54. The fraction of sp³-hybridized carbons (Fsp3) is 0.714. The van der Waals surface area contributed by atoms with Crippen molar-refractivity contribution in [3.05, 3.63) is 27.7 Å². The van der Waals surface area contributed by atoms with E-state index in [-0.39, 0.29) is 11.5 Å². The first-order chi connectivity index (χ1) is 8.12. The van der Waals surface area contributed by atoms with Crippen molar-refractivity contribution < 1.29 is 0 Å². The molecule has 0 spiro atoms. The maximum atomic E-state index is 12.3. The summed E-state index contributed by atoms with van der Waals surface area (Å²) in [6, 6.07) is 1.85. The molecule has 102 valence electrons. The maximum Gasteiger partial charge on any atom is 0.271 e. The number of hydrogen-bond acceptors (Lipinski definition) is 3. The molecule has 0 aromatic carbocycles. The molecule has 0 atom stereocenters. The Bertz CT molecular complexity index is 467. The molecule has 0 aliphatic rings. The van der Waals surface area contributed by atoms with E-state index in [0.29, 0.717) is 18.0 Å². The van der Waals surface area contributed by atoms with Gasteiger partial charge >= 0.3 is 0 Å². The van der Waals surface area contributed by atoms with Crippen LogP contribution in [0.25, 0.3) is 0 Å². The molecule has 2 N–H and O–H groups in total. The Balaban J connectivity index is 3.43. The van der Waals surface area contributed by atoms with E-state index in [2.05, 4.69) is 32.8 Å². The zero-order valence-electron chi connectivity index (χ0n) is 12.3. The Morgan fingerprint density at radius 2 is 1.89 bits per heavy atom. The van der Waals surface area contributed by atoms with Crippen molar-refractivity contribution in [2.24, 2.45) is 11.7 Å². The fourth-order valence-corrected chi connectivity index (χ4v) is 1.78. The molecule has 0 unspecified atom stereocenters. The highest BCUT2D eigenvalue weighted by atomic mass is 16.1. The lowest BCUT2D eigenvalue weighted by molar-refractivity contribution is 0.438. The summed E-state index contributed by atoms with van der Waals surface area (Å²) in [5.41, 5.74) is 6.94. The van der Waals surface area contributed by atoms with Gasteiger partial charge in [-0.1, -0.05) is 27.7 Å². The Morgan fingerprint density at radius 1 is 1.33 bits per heavy atom. The summed E-state index contributed by atoms with van der Waals surface area (Å²) in [5, 5.41) is 4.43. The van der Waals surface area contributed by atoms with Crippen molar-refractivity contribution >= 4 is 0 Å². The third kappa shape index (κ3) is 3.42. The van der Waals surface area contributed by atoms with Gasteiger partial charge in [-0.25, -0.2) is 4.68 Å². The van der Waals surface area contributed by atoms with Gasteiger partial charge in [-0.3, -0.25) is 4.79 Å². The van der Waals surface area contributed by atoms with Crippen LogP contribution >= 0.6 is 0 Å². The molecule has 1 aromatic rings. The summed E-state index contributed by atoms with van der Waals surface area (Å²) >= 11 is 0. The average molecular weight is 251 g/mol. The summed E-state index contributed by atoms with van der Waals surface area (Å²) in [4.78, 5) is 12.3. The second-order valence-electron chi connectivity index (χ2n) is 6.24. The topological polar surface area (TPSA) is 60.9 Å². The molecule has 0 saturated heterocycles. The molecule has 18 heavy (non-hydrogen) atoms. The normalized spacial score (nSPS) is 12.5. The van der Waals surface area contributed by atoms with E-state index in [1.807, 2.05) is 19.9 Å². The molecule has 0 aliphatic heterocycles. The molecular formula is C14H25N3O. The molecule has 1 rings (SSSR count). The second-order valence-corrected chi connectivity index (χ2v) is 6.24. The third-order valence-electron chi connectivity index (χ3n) is 2.82. The molecule has 0 fully saturated rings. The first kappa shape index (κ1) is 14.9. The maximum absolute atomic E-state index is 12.3. The fourth-order valence-electron chi connectivity index (χ4n) is 1.78. The lowest BCUT2D eigenvalue weighted by Crippen LogP contribution is -2.40. The second kappa shape index (κ2) is 5.22. The van der Waals surface area contributed by atoms with Crippen LogP contribution in [0.15, 0.2) is 10.9 Å². The molecule has 0 bridgehead atoms. The number of nitrogens with two attached hydrogens (primary N) is 1. The average Bonchev–Trinajstić information content (AvgIpc) is 2.18. The number of hydrogen-bond donors (Lipinski definition) is 1. The van der Waals surface area contributed by atoms with Crippen LogP contribution in [0, 0.1) is 5.92 Å². The minimum atomic E-state index is -0.637. The van der Waals surface area contributed by atoms with Crippen molar-refractivity contribution in [2.45, 2.75) is 59.5 Å². The standard InChI is InChI=1S/C14H25N3O/c1-9(2)8-17-13(18)11(14(5,6)15)7-12(16-17)10(3)4/h7,9-10H,8,15H2,1-6H3. The predicted molar refractivity (Wildman–Crippen MR) is 74.6 cm³/mol. The smallest absolute Gasteiger partial charge is 0.271 e. The molecule has 4 nitrogen and oxygen atoms in total. The molecular weight excluding hydrogens is 226 g/mol. The van der Waals surface area contributed by atoms with Crippen LogP contribution in [0.2, 0.25) is 0 Å². The van der Waals surface area contributed by atoms with E-state index in [1.54, 1.807) is 4.68 Å². The van der Waals surface area contributed by atoms with E-state index >= 15 is 0 Å². The van der Waals surface area contributed by atoms with Gasteiger partial charge in [0.05, 0.1) is 5.69 Å². The Labute approximate surface area is 109 Å². The highest BCUT2D eigenvalue weighted by Gasteiger charge is 2.22. The highest BCUT2D eigenvalue weighted by molar-refractivity contribution is 5.22. The minimum absolute atomic E-state index is 0.0689. The zero-order chi connectivity index (χ0) is 14.1. The highest BCUT2D eigenvalue weighted by Crippen LogP contribution is 2.17. The van der Waals surface area contributed by atoms with E-state index in [0.717, 1.165) is 5.69 Å². The minimum Gasteiger partial charge on any atom is -0.322 e. The summed E-state index contributed by atoms with van der Waals surface area (Å²) < 4.78 is 1.56. The molecule has 1 aromatic heterocycles. The summed E-state index contributed by atoms with van der Waals surface area (Å²) in [5.74, 6) is 0.663. The molecule has 0 saturated carbocycles. The SMILES string of the molecule is CC(C)Cn1nc(C(C)C)cc(C(C)(C)N)c1=O. The quantitative estimate of drug-likeness (QED) is 0.892. The molecule has 0 radical (unpaired) electrons. The van der Waals surface area contributed by atoms with Crippen LogP contribution in [-0.4, -0.2) is 9.78 Å². The van der Waals surface area contributed by atoms with Gasteiger partial charge in [0, 0.05) is 17.6 Å². The number of aromatic nitrogens is 2. The van der Waals surface area contributed by atoms with Crippen molar-refractivity contribution in [3.63, 3.8) is 0 Å². The van der Waals surface area contributed by atoms with Crippen molar-refractivity contribution in [1.29, 1.82) is 0 Å². The van der Waals surface area contributed by atoms with Crippen LogP contribution in [0.5, 0.6) is 0 Å². The third-order valence-corrected chi connectivity index (χ3v) is 2.82. The van der Waals surface area contributed by atoms with E-state index in [1.165, 1.54) is 0 Å². The lowest BCUT2D eigenvalue weighted by atomic mass is 9.95. The number of nitrogens with zero attached hydrogens (tertiary/aromatic N) is 2. The monoisotopic (exact) mass is 251 g/mol. The predicted octanol–water partition coefficient (Wildman–Crippen LogP) is 2.22. The number of rotatable bonds is 4. The largest absolute Gasteiger partial charge is 0.322 e. The van der Waals surface area contributed by atoms with Crippen LogP contribution in [0.1, 0.15) is 58.7 Å². The van der Waals surface area contributed by atoms with Gasteiger partial charge in [0.25, 0.3) is 5.56 Å². The summed E-state index contributed by atoms with van der Waals surface area (Å²) in [6.07, 6.45) is 0. The molecule has 4 heteroatoms. The van der Waals surface area contributed by atoms with Crippen LogP contribution in [0.3, 0.4) is 0 Å². The Kier molecular flexibility index (Phi) is 4.32. The first-order valence-electron chi connectivity index (χ1n) is 6.54. The molecule has 0 amide bonds. The summed E-state index contributed by atoms with van der Waals surface area (Å²) in [7, 11) is 0. The molecule has 1 heterocycles. The van der Waals surface area contributed by atoms with E-state index in [9.17, 15) is 4.79 Å². The van der Waals surface area contributed by atoms with Crippen molar-refractivity contribution in [3.8, 4) is 0 Å². The Morgan fingerprint density at radius 3 is 2.28 bits per heavy atom. The van der Waals surface area contributed by atoms with Gasteiger partial charge in [-0.2, -0.15) is 5.10 Å². The van der Waals surface area contributed by atoms with Crippen LogP contribution in [0.4, 0.5) is 0 Å². The van der Waals surface area contributed by atoms with Gasteiger partial charge in [0.2, 0.25) is 0 Å². The van der Waals surface area contributed by atoms with Gasteiger partial charge in [0.1, 0.15) is 0 Å². The van der Waals surface area contributed by atoms with Crippen molar-refractivity contribution in [2.75, 3.05) is 0 Å². The van der Waals surface area contributed by atoms with Gasteiger partial charge in [0.15, 0.2) is 0 Å². The van der Waals surface area contributed by atoms with Crippen LogP contribution < -0.4 is 11.3 Å². The summed E-state index contributed by atoms with van der Waals surface area (Å²) in [6.45, 7) is 12.6. The van der Waals surface area contributed by atoms with Crippen LogP contribution in [-0.2, 0) is 12.1 Å². The van der Waals surface area contributed by atoms with E-state index in [4.69, 9.17) is 5.73 Å². The zero-order valence-corrected chi connectivity index (χ0v) is 12.3. The van der Waals surface area contributed by atoms with E-state index < -0.39 is 5.54 Å². The van der Waals surface area contributed by atoms with Gasteiger partial charge < -0.3 is 5.73 Å². The molecule has 0 aliphatic carbocycles. The van der Waals surface area contributed by atoms with Gasteiger partial charge in [-0.05, 0) is 31.7 Å².